The lowest BCUT2D eigenvalue weighted by atomic mass is 10.3. The molecular weight excluding hydrogens is 262 g/mol. The molecular formula is C9H14BrN3S. The Labute approximate surface area is 97.0 Å². The molecule has 78 valence electrons. The molecule has 0 saturated heterocycles. The molecule has 0 fully saturated rings. The molecule has 0 bridgehead atoms. The van der Waals surface area contributed by atoms with Crippen molar-refractivity contribution in [2.24, 2.45) is 0 Å². The van der Waals surface area contributed by atoms with Gasteiger partial charge in [-0.15, -0.1) is 0 Å². The Morgan fingerprint density at radius 3 is 3.00 bits per heavy atom. The Bertz CT molecular complexity index is 306. The van der Waals surface area contributed by atoms with Crippen molar-refractivity contribution in [1.29, 1.82) is 0 Å². The Hall–Kier alpha value is -0.420. The number of rotatable bonds is 4. The zero-order chi connectivity index (χ0) is 10.6. The number of nitrogen functional groups attached to an aromatic ring is 1. The summed E-state index contributed by atoms with van der Waals surface area (Å²) in [6.07, 6.45) is 3.74. The average molecular weight is 276 g/mol. The van der Waals surface area contributed by atoms with Gasteiger partial charge in [0, 0.05) is 11.8 Å². The number of pyridine rings is 1. The highest BCUT2D eigenvalue weighted by Gasteiger charge is 2.05. The second-order valence-corrected chi connectivity index (χ2v) is 4.86. The monoisotopic (exact) mass is 275 g/mol. The van der Waals surface area contributed by atoms with Crippen molar-refractivity contribution >= 4 is 39.2 Å². The van der Waals surface area contributed by atoms with Gasteiger partial charge in [-0.25, -0.2) is 4.98 Å². The van der Waals surface area contributed by atoms with Gasteiger partial charge < -0.3 is 11.1 Å². The molecule has 1 aromatic rings. The van der Waals surface area contributed by atoms with E-state index in [9.17, 15) is 0 Å². The van der Waals surface area contributed by atoms with E-state index in [0.717, 1.165) is 16.0 Å². The summed E-state index contributed by atoms with van der Waals surface area (Å²) in [4.78, 5) is 4.21. The Kier molecular flexibility index (Phi) is 4.54. The number of nitrogens with zero attached hydrogens (tertiary/aromatic N) is 1. The van der Waals surface area contributed by atoms with Crippen LogP contribution in [0.4, 0.5) is 11.5 Å². The molecule has 0 aliphatic rings. The molecule has 14 heavy (non-hydrogen) atoms. The average Bonchev–Trinajstić information content (AvgIpc) is 2.10. The van der Waals surface area contributed by atoms with Crippen LogP contribution in [0.2, 0.25) is 0 Å². The Balaban J connectivity index is 2.67. The Morgan fingerprint density at radius 1 is 1.71 bits per heavy atom. The van der Waals surface area contributed by atoms with Crippen LogP contribution in [0.5, 0.6) is 0 Å². The molecule has 1 rings (SSSR count). The normalized spacial score (nSPS) is 12.5. The number of hydrogen-bond donors (Lipinski definition) is 2. The topological polar surface area (TPSA) is 50.9 Å². The summed E-state index contributed by atoms with van der Waals surface area (Å²) < 4.78 is 0.908. The number of nitrogens with one attached hydrogen (secondary N) is 1. The molecule has 5 heteroatoms. The fourth-order valence-corrected chi connectivity index (χ4v) is 2.15. The number of anilines is 2. The van der Waals surface area contributed by atoms with Crippen molar-refractivity contribution in [2.75, 3.05) is 23.1 Å². The van der Waals surface area contributed by atoms with Crippen molar-refractivity contribution in [1.82, 2.24) is 4.98 Å². The van der Waals surface area contributed by atoms with E-state index in [1.54, 1.807) is 6.20 Å². The van der Waals surface area contributed by atoms with Crippen molar-refractivity contribution in [3.05, 3.63) is 16.7 Å². The molecule has 0 aromatic carbocycles. The predicted octanol–water partition coefficient (Wildman–Crippen LogP) is 2.59. The number of nitrogens with two attached hydrogens (primary N) is 1. The molecule has 0 spiro atoms. The zero-order valence-electron chi connectivity index (χ0n) is 8.25. The van der Waals surface area contributed by atoms with Crippen LogP contribution in [-0.4, -0.2) is 23.0 Å². The van der Waals surface area contributed by atoms with E-state index >= 15 is 0 Å². The van der Waals surface area contributed by atoms with Crippen LogP contribution in [0.1, 0.15) is 6.92 Å². The quantitative estimate of drug-likeness (QED) is 0.887. The standard InChI is InChI=1S/C9H14BrN3S/c1-6(5-14-2)13-9-8(10)3-7(11)4-12-9/h3-4,6H,5,11H2,1-2H3,(H,12,13). The Morgan fingerprint density at radius 2 is 2.43 bits per heavy atom. The number of aromatic nitrogens is 1. The van der Waals surface area contributed by atoms with E-state index in [0.29, 0.717) is 11.7 Å². The van der Waals surface area contributed by atoms with Crippen LogP contribution >= 0.6 is 27.7 Å². The van der Waals surface area contributed by atoms with Gasteiger partial charge in [0.05, 0.1) is 16.4 Å². The van der Waals surface area contributed by atoms with Crippen molar-refractivity contribution < 1.29 is 0 Å². The smallest absolute Gasteiger partial charge is 0.140 e. The summed E-state index contributed by atoms with van der Waals surface area (Å²) in [5.41, 5.74) is 6.26. The van der Waals surface area contributed by atoms with Gasteiger partial charge in [-0.1, -0.05) is 0 Å². The molecule has 1 aromatic heterocycles. The van der Waals surface area contributed by atoms with Gasteiger partial charge in [0.25, 0.3) is 0 Å². The van der Waals surface area contributed by atoms with Crippen molar-refractivity contribution in [3.8, 4) is 0 Å². The van der Waals surface area contributed by atoms with E-state index in [2.05, 4.69) is 39.4 Å². The zero-order valence-corrected chi connectivity index (χ0v) is 10.7. The second kappa shape index (κ2) is 5.46. The van der Waals surface area contributed by atoms with E-state index in [1.165, 1.54) is 0 Å². The minimum absolute atomic E-state index is 0.400. The SMILES string of the molecule is CSCC(C)Nc1ncc(N)cc1Br. The van der Waals surface area contributed by atoms with Crippen LogP contribution in [0, 0.1) is 0 Å². The third-order valence-electron chi connectivity index (χ3n) is 1.66. The summed E-state index contributed by atoms with van der Waals surface area (Å²) >= 11 is 5.22. The molecule has 3 nitrogen and oxygen atoms in total. The lowest BCUT2D eigenvalue weighted by molar-refractivity contribution is 0.901. The maximum atomic E-state index is 5.59. The first-order valence-corrected chi connectivity index (χ1v) is 6.48. The number of hydrogen-bond acceptors (Lipinski definition) is 4. The largest absolute Gasteiger partial charge is 0.397 e. The van der Waals surface area contributed by atoms with Gasteiger partial charge in [0.2, 0.25) is 0 Å². The molecule has 0 aliphatic carbocycles. The summed E-state index contributed by atoms with van der Waals surface area (Å²) in [6, 6.07) is 2.25. The summed E-state index contributed by atoms with van der Waals surface area (Å²) in [5.74, 6) is 1.90. The van der Waals surface area contributed by atoms with Gasteiger partial charge in [-0.05, 0) is 35.2 Å². The summed E-state index contributed by atoms with van der Waals surface area (Å²) in [6.45, 7) is 2.13. The van der Waals surface area contributed by atoms with Gasteiger partial charge in [-0.3, -0.25) is 0 Å². The van der Waals surface area contributed by atoms with Crippen molar-refractivity contribution in [3.63, 3.8) is 0 Å². The second-order valence-electron chi connectivity index (χ2n) is 3.10. The molecule has 0 aliphatic heterocycles. The predicted molar refractivity (Wildman–Crippen MR) is 67.8 cm³/mol. The third-order valence-corrected chi connectivity index (χ3v) is 3.10. The fraction of sp³-hybridized carbons (Fsp3) is 0.444. The van der Waals surface area contributed by atoms with E-state index in [1.807, 2.05) is 17.8 Å². The number of halogens is 1. The van der Waals surface area contributed by atoms with E-state index < -0.39 is 0 Å². The first-order chi connectivity index (χ1) is 6.63. The highest BCUT2D eigenvalue weighted by molar-refractivity contribution is 9.10. The van der Waals surface area contributed by atoms with Gasteiger partial charge >= 0.3 is 0 Å². The van der Waals surface area contributed by atoms with Crippen LogP contribution in [0.15, 0.2) is 16.7 Å². The first-order valence-electron chi connectivity index (χ1n) is 4.30. The van der Waals surface area contributed by atoms with Gasteiger partial charge in [0.15, 0.2) is 0 Å². The summed E-state index contributed by atoms with van der Waals surface area (Å²) in [5, 5.41) is 3.30. The lowest BCUT2D eigenvalue weighted by Gasteiger charge is -2.14. The molecule has 1 atom stereocenters. The highest BCUT2D eigenvalue weighted by atomic mass is 79.9. The van der Waals surface area contributed by atoms with Crippen LogP contribution < -0.4 is 11.1 Å². The highest BCUT2D eigenvalue weighted by Crippen LogP contribution is 2.22. The molecule has 1 heterocycles. The fourth-order valence-electron chi connectivity index (χ4n) is 1.08. The molecule has 3 N–H and O–H groups in total. The molecule has 0 saturated carbocycles. The molecule has 0 amide bonds. The summed E-state index contributed by atoms with van der Waals surface area (Å²) in [7, 11) is 0. The van der Waals surface area contributed by atoms with E-state index in [-0.39, 0.29) is 0 Å². The van der Waals surface area contributed by atoms with Crippen LogP contribution in [-0.2, 0) is 0 Å². The third kappa shape index (κ3) is 3.38. The number of thioether (sulfide) groups is 1. The lowest BCUT2D eigenvalue weighted by Crippen LogP contribution is -2.18. The van der Waals surface area contributed by atoms with Crippen LogP contribution in [0.25, 0.3) is 0 Å². The van der Waals surface area contributed by atoms with E-state index in [4.69, 9.17) is 5.73 Å². The van der Waals surface area contributed by atoms with Gasteiger partial charge in [0.1, 0.15) is 5.82 Å². The van der Waals surface area contributed by atoms with Crippen LogP contribution in [0.3, 0.4) is 0 Å². The first kappa shape index (κ1) is 11.7. The van der Waals surface area contributed by atoms with Gasteiger partial charge in [-0.2, -0.15) is 11.8 Å². The maximum absolute atomic E-state index is 5.59. The minimum atomic E-state index is 0.400. The maximum Gasteiger partial charge on any atom is 0.140 e. The van der Waals surface area contributed by atoms with Crippen molar-refractivity contribution in [2.45, 2.75) is 13.0 Å². The molecule has 0 radical (unpaired) electrons. The minimum Gasteiger partial charge on any atom is -0.397 e. The molecule has 1 unspecified atom stereocenters.